The van der Waals surface area contributed by atoms with Gasteiger partial charge in [0.15, 0.2) is 0 Å². The van der Waals surface area contributed by atoms with Crippen molar-refractivity contribution in [3.63, 3.8) is 0 Å². The van der Waals surface area contributed by atoms with Crippen molar-refractivity contribution >= 4 is 17.5 Å². The Hall–Kier alpha value is -1.84. The molecule has 20 heavy (non-hydrogen) atoms. The van der Waals surface area contributed by atoms with Crippen LogP contribution in [-0.2, 0) is 9.59 Å². The number of para-hydroxylation sites is 2. The molecule has 0 aromatic heterocycles. The number of imide groups is 1. The van der Waals surface area contributed by atoms with E-state index in [0.717, 1.165) is 19.3 Å². The van der Waals surface area contributed by atoms with E-state index in [1.165, 1.54) is 4.90 Å². The Kier molecular flexibility index (Phi) is 2.43. The number of carbonyl (C=O) groups excluding carboxylic acids is 2. The van der Waals surface area contributed by atoms with Gasteiger partial charge in [-0.1, -0.05) is 12.1 Å². The summed E-state index contributed by atoms with van der Waals surface area (Å²) in [6.07, 6.45) is 3.27. The zero-order chi connectivity index (χ0) is 13.9. The van der Waals surface area contributed by atoms with Crippen LogP contribution in [0.4, 0.5) is 5.69 Å². The molecule has 4 rings (SSSR count). The molecule has 104 valence electrons. The molecule has 2 aliphatic carbocycles. The number of amides is 2. The molecule has 2 amide bonds. The summed E-state index contributed by atoms with van der Waals surface area (Å²) in [5.74, 6) is 1.23. The molecule has 4 nitrogen and oxygen atoms in total. The number of hydrogen-bond acceptors (Lipinski definition) is 3. The van der Waals surface area contributed by atoms with Crippen LogP contribution in [0.3, 0.4) is 0 Å². The highest BCUT2D eigenvalue weighted by Crippen LogP contribution is 2.57. The maximum absolute atomic E-state index is 12.7. The topological polar surface area (TPSA) is 46.6 Å². The lowest BCUT2D eigenvalue weighted by Crippen LogP contribution is -2.33. The summed E-state index contributed by atoms with van der Waals surface area (Å²) in [5.41, 5.74) is 0.596. The Morgan fingerprint density at radius 3 is 2.25 bits per heavy atom. The number of nitrogens with zero attached hydrogens (tertiary/aromatic N) is 1. The molecule has 1 aromatic carbocycles. The third-order valence-corrected chi connectivity index (χ3v) is 5.25. The molecule has 3 aliphatic rings. The number of fused-ring (bicyclic) bond motifs is 5. The predicted molar refractivity (Wildman–Crippen MR) is 73.3 cm³/mol. The van der Waals surface area contributed by atoms with Gasteiger partial charge in [-0.05, 0) is 43.2 Å². The first-order valence-electron chi connectivity index (χ1n) is 7.23. The second-order valence-electron chi connectivity index (χ2n) is 6.07. The number of rotatable bonds is 2. The highest BCUT2D eigenvalue weighted by Gasteiger charge is 2.61. The van der Waals surface area contributed by atoms with Crippen LogP contribution < -0.4 is 9.64 Å². The van der Waals surface area contributed by atoms with Gasteiger partial charge < -0.3 is 4.74 Å². The molecule has 4 atom stereocenters. The number of methoxy groups -OCH3 is 1. The lowest BCUT2D eigenvalue weighted by molar-refractivity contribution is -0.123. The van der Waals surface area contributed by atoms with Gasteiger partial charge in [-0.2, -0.15) is 0 Å². The summed E-state index contributed by atoms with van der Waals surface area (Å²) in [7, 11) is 1.56. The summed E-state index contributed by atoms with van der Waals surface area (Å²) in [5, 5.41) is 0. The van der Waals surface area contributed by atoms with E-state index in [0.29, 0.717) is 23.3 Å². The SMILES string of the molecule is COc1ccccc1N1C(=O)[C@H]2[C@@H]3CC[C@@H](C3)[C@@H]2C1=O. The predicted octanol–water partition coefficient (Wildman–Crippen LogP) is 2.23. The molecule has 4 heteroatoms. The van der Waals surface area contributed by atoms with E-state index in [-0.39, 0.29) is 23.7 Å². The van der Waals surface area contributed by atoms with Crippen LogP contribution in [0.15, 0.2) is 24.3 Å². The number of carbonyl (C=O) groups is 2. The summed E-state index contributed by atoms with van der Waals surface area (Å²) in [4.78, 5) is 26.8. The minimum Gasteiger partial charge on any atom is -0.495 e. The number of hydrogen-bond donors (Lipinski definition) is 0. The molecule has 0 radical (unpaired) electrons. The molecule has 1 saturated heterocycles. The molecular weight excluding hydrogens is 254 g/mol. The first-order chi connectivity index (χ1) is 9.72. The van der Waals surface area contributed by atoms with Gasteiger partial charge in [0.1, 0.15) is 5.75 Å². The largest absolute Gasteiger partial charge is 0.495 e. The molecule has 2 saturated carbocycles. The Bertz CT molecular complexity index is 569. The van der Waals surface area contributed by atoms with E-state index in [1.807, 2.05) is 12.1 Å². The Morgan fingerprint density at radius 1 is 1.05 bits per heavy atom. The third kappa shape index (κ3) is 1.37. The Labute approximate surface area is 117 Å². The second-order valence-corrected chi connectivity index (χ2v) is 6.07. The second kappa shape index (κ2) is 4.08. The Morgan fingerprint density at radius 2 is 1.65 bits per heavy atom. The van der Waals surface area contributed by atoms with Gasteiger partial charge in [0, 0.05) is 0 Å². The molecule has 1 aliphatic heterocycles. The van der Waals surface area contributed by atoms with E-state index < -0.39 is 0 Å². The van der Waals surface area contributed by atoms with Crippen LogP contribution in [0.5, 0.6) is 5.75 Å². The van der Waals surface area contributed by atoms with Crippen LogP contribution in [0.25, 0.3) is 0 Å². The van der Waals surface area contributed by atoms with E-state index in [4.69, 9.17) is 4.74 Å². The van der Waals surface area contributed by atoms with E-state index in [9.17, 15) is 9.59 Å². The molecule has 3 fully saturated rings. The number of benzene rings is 1. The van der Waals surface area contributed by atoms with E-state index in [2.05, 4.69) is 0 Å². The maximum Gasteiger partial charge on any atom is 0.238 e. The monoisotopic (exact) mass is 271 g/mol. The van der Waals surface area contributed by atoms with Gasteiger partial charge in [0.25, 0.3) is 0 Å². The minimum atomic E-state index is -0.0776. The van der Waals surface area contributed by atoms with Crippen LogP contribution in [0.2, 0.25) is 0 Å². The number of anilines is 1. The van der Waals surface area contributed by atoms with Gasteiger partial charge in [-0.3, -0.25) is 9.59 Å². The van der Waals surface area contributed by atoms with Crippen molar-refractivity contribution in [1.29, 1.82) is 0 Å². The molecule has 1 heterocycles. The fraction of sp³-hybridized carbons (Fsp3) is 0.500. The zero-order valence-electron chi connectivity index (χ0n) is 11.4. The molecule has 0 unspecified atom stereocenters. The molecule has 2 bridgehead atoms. The molecule has 0 N–H and O–H groups in total. The highest BCUT2D eigenvalue weighted by molar-refractivity contribution is 6.23. The smallest absolute Gasteiger partial charge is 0.238 e. The van der Waals surface area contributed by atoms with E-state index >= 15 is 0 Å². The third-order valence-electron chi connectivity index (χ3n) is 5.25. The average Bonchev–Trinajstić information content (AvgIpc) is 3.13. The van der Waals surface area contributed by atoms with Crippen LogP contribution in [0, 0.1) is 23.7 Å². The summed E-state index contributed by atoms with van der Waals surface area (Å²) < 4.78 is 5.30. The van der Waals surface area contributed by atoms with Crippen molar-refractivity contribution < 1.29 is 14.3 Å². The number of ether oxygens (including phenoxy) is 1. The van der Waals surface area contributed by atoms with Crippen molar-refractivity contribution in [3.05, 3.63) is 24.3 Å². The summed E-state index contributed by atoms with van der Waals surface area (Å²) >= 11 is 0. The zero-order valence-corrected chi connectivity index (χ0v) is 11.4. The quantitative estimate of drug-likeness (QED) is 0.775. The van der Waals surface area contributed by atoms with Crippen molar-refractivity contribution in [2.75, 3.05) is 12.0 Å². The average molecular weight is 271 g/mol. The first-order valence-corrected chi connectivity index (χ1v) is 7.23. The van der Waals surface area contributed by atoms with E-state index in [1.54, 1.807) is 19.2 Å². The molecule has 0 spiro atoms. The fourth-order valence-corrected chi connectivity index (χ4v) is 4.46. The van der Waals surface area contributed by atoms with Gasteiger partial charge in [-0.15, -0.1) is 0 Å². The summed E-state index contributed by atoms with van der Waals surface area (Å²) in [6, 6.07) is 7.26. The van der Waals surface area contributed by atoms with Crippen LogP contribution >= 0.6 is 0 Å². The van der Waals surface area contributed by atoms with Crippen LogP contribution in [0.1, 0.15) is 19.3 Å². The van der Waals surface area contributed by atoms with Gasteiger partial charge >= 0.3 is 0 Å². The lowest BCUT2D eigenvalue weighted by atomic mass is 9.81. The molecular formula is C16H17NO3. The standard InChI is InChI=1S/C16H17NO3/c1-20-12-5-3-2-4-11(12)17-15(18)13-9-6-7-10(8-9)14(13)16(17)19/h2-5,9-10,13-14H,6-8H2,1H3/t9-,10+,13-,14-/m0/s1. The normalized spacial score (nSPS) is 34.8. The van der Waals surface area contributed by atoms with Crippen molar-refractivity contribution in [3.8, 4) is 5.75 Å². The first kappa shape index (κ1) is 11.9. The Balaban J connectivity index is 1.77. The van der Waals surface area contributed by atoms with Gasteiger partial charge in [0.05, 0.1) is 24.6 Å². The molecule has 1 aromatic rings. The van der Waals surface area contributed by atoms with Crippen molar-refractivity contribution in [1.82, 2.24) is 0 Å². The fourth-order valence-electron chi connectivity index (χ4n) is 4.46. The summed E-state index contributed by atoms with van der Waals surface area (Å²) in [6.45, 7) is 0. The highest BCUT2D eigenvalue weighted by atomic mass is 16.5. The maximum atomic E-state index is 12.7. The van der Waals surface area contributed by atoms with Crippen LogP contribution in [-0.4, -0.2) is 18.9 Å². The van der Waals surface area contributed by atoms with Crippen molar-refractivity contribution in [2.24, 2.45) is 23.7 Å². The minimum absolute atomic E-state index is 0.0169. The van der Waals surface area contributed by atoms with Gasteiger partial charge in [-0.25, -0.2) is 4.90 Å². The lowest BCUT2D eigenvalue weighted by Gasteiger charge is -2.19. The van der Waals surface area contributed by atoms with Crippen molar-refractivity contribution in [2.45, 2.75) is 19.3 Å². The van der Waals surface area contributed by atoms with Gasteiger partial charge in [0.2, 0.25) is 11.8 Å².